The summed E-state index contributed by atoms with van der Waals surface area (Å²) in [6, 6.07) is 13.7. The Morgan fingerprint density at radius 2 is 1.81 bits per heavy atom. The van der Waals surface area contributed by atoms with Crippen molar-refractivity contribution in [3.05, 3.63) is 42.5 Å². The number of thioether (sulfide) groups is 1. The summed E-state index contributed by atoms with van der Waals surface area (Å²) in [5.41, 5.74) is 5.08. The van der Waals surface area contributed by atoms with Gasteiger partial charge in [0.1, 0.15) is 11.6 Å². The second-order valence-electron chi connectivity index (χ2n) is 6.99. The third kappa shape index (κ3) is 6.69. The van der Waals surface area contributed by atoms with E-state index in [-0.39, 0.29) is 0 Å². The molecule has 0 saturated heterocycles. The van der Waals surface area contributed by atoms with Gasteiger partial charge in [0.2, 0.25) is 0 Å². The molecule has 0 heterocycles. The molecular weight excluding hydrogens is 350 g/mol. The maximum atomic E-state index is 11.8. The Morgan fingerprint density at radius 1 is 1.12 bits per heavy atom. The molecule has 1 atom stereocenters. The summed E-state index contributed by atoms with van der Waals surface area (Å²) >= 11 is 1.71. The van der Waals surface area contributed by atoms with Crippen molar-refractivity contribution in [2.45, 2.75) is 50.2 Å². The van der Waals surface area contributed by atoms with Crippen LogP contribution in [0.25, 0.3) is 10.8 Å². The molecule has 2 N–H and O–H groups in total. The molecule has 0 spiro atoms. The first-order valence-electron chi connectivity index (χ1n) is 8.56. The van der Waals surface area contributed by atoms with Crippen LogP contribution >= 0.6 is 11.8 Å². The average molecular weight is 375 g/mol. The number of ether oxygens (including phenoxy) is 2. The van der Waals surface area contributed by atoms with Crippen molar-refractivity contribution in [1.29, 1.82) is 0 Å². The number of fused-ring (bicyclic) bond motifs is 1. The molecule has 0 aromatic heterocycles. The number of hydrogen-bond acceptors (Lipinski definition) is 6. The molecule has 5 nitrogen and oxygen atoms in total. The normalized spacial score (nSPS) is 12.6. The van der Waals surface area contributed by atoms with E-state index in [0.29, 0.717) is 6.42 Å². The topological polar surface area (TPSA) is 78.6 Å². The van der Waals surface area contributed by atoms with Gasteiger partial charge in [-0.15, -0.1) is 11.8 Å². The first-order chi connectivity index (χ1) is 12.2. The van der Waals surface area contributed by atoms with Gasteiger partial charge in [0.15, 0.2) is 0 Å². The van der Waals surface area contributed by atoms with E-state index in [4.69, 9.17) is 10.5 Å². The molecule has 2 aromatic carbocycles. The molecule has 0 amide bonds. The van der Waals surface area contributed by atoms with Crippen LogP contribution in [0.15, 0.2) is 47.4 Å². The highest BCUT2D eigenvalue weighted by Gasteiger charge is 2.23. The summed E-state index contributed by atoms with van der Waals surface area (Å²) < 4.78 is 9.56. The summed E-state index contributed by atoms with van der Waals surface area (Å²) in [6.45, 7) is 5.09. The van der Waals surface area contributed by atoms with E-state index in [1.807, 2.05) is 12.1 Å². The number of benzene rings is 2. The maximum Gasteiger partial charge on any atom is 0.516 e. The van der Waals surface area contributed by atoms with Crippen molar-refractivity contribution in [3.63, 3.8) is 0 Å². The lowest BCUT2D eigenvalue weighted by Crippen LogP contribution is -2.35. The number of carbonyl (C=O) groups is 2. The zero-order valence-corrected chi connectivity index (χ0v) is 16.2. The molecule has 1 unspecified atom stereocenters. The Labute approximate surface area is 158 Å². The Morgan fingerprint density at radius 3 is 2.50 bits per heavy atom. The number of hydrogen-bond donors (Lipinski definition) is 1. The summed E-state index contributed by atoms with van der Waals surface area (Å²) in [4.78, 5) is 24.4. The molecule has 26 heavy (non-hydrogen) atoms. The second-order valence-corrected chi connectivity index (χ2v) is 8.16. The van der Waals surface area contributed by atoms with E-state index in [1.54, 1.807) is 32.5 Å². The second kappa shape index (κ2) is 9.05. The minimum Gasteiger partial charge on any atom is -0.428 e. The molecular formula is C20H25NO4S. The highest BCUT2D eigenvalue weighted by molar-refractivity contribution is 7.99. The summed E-state index contributed by atoms with van der Waals surface area (Å²) in [7, 11) is 0. The van der Waals surface area contributed by atoms with Crippen LogP contribution < -0.4 is 5.73 Å². The SMILES string of the molecule is CC(C)(C)OC(=O)OC(=O)C(N)CCCSc1ccc2ccccc2c1. The van der Waals surface area contributed by atoms with Gasteiger partial charge in [-0.25, -0.2) is 9.59 Å². The predicted octanol–water partition coefficient (Wildman–Crippen LogP) is 4.52. The van der Waals surface area contributed by atoms with Crippen LogP contribution in [0.1, 0.15) is 33.6 Å². The first-order valence-corrected chi connectivity index (χ1v) is 9.55. The van der Waals surface area contributed by atoms with Gasteiger partial charge < -0.3 is 15.2 Å². The monoisotopic (exact) mass is 375 g/mol. The van der Waals surface area contributed by atoms with Gasteiger partial charge in [0.25, 0.3) is 0 Å². The van der Waals surface area contributed by atoms with E-state index in [0.717, 1.165) is 12.2 Å². The van der Waals surface area contributed by atoms with Crippen LogP contribution in [-0.4, -0.2) is 29.5 Å². The predicted molar refractivity (Wildman–Crippen MR) is 104 cm³/mol. The summed E-state index contributed by atoms with van der Waals surface area (Å²) in [5, 5.41) is 2.42. The van der Waals surface area contributed by atoms with Crippen LogP contribution in [0.2, 0.25) is 0 Å². The molecule has 2 aromatic rings. The molecule has 0 aliphatic carbocycles. The lowest BCUT2D eigenvalue weighted by Gasteiger charge is -2.19. The summed E-state index contributed by atoms with van der Waals surface area (Å²) in [5.74, 6) is 0.0705. The van der Waals surface area contributed by atoms with Crippen LogP contribution in [-0.2, 0) is 14.3 Å². The zero-order chi connectivity index (χ0) is 19.2. The minimum atomic E-state index is -1.01. The highest BCUT2D eigenvalue weighted by Crippen LogP contribution is 2.24. The fourth-order valence-electron chi connectivity index (χ4n) is 2.30. The smallest absolute Gasteiger partial charge is 0.428 e. The Balaban J connectivity index is 1.72. The van der Waals surface area contributed by atoms with Gasteiger partial charge in [-0.2, -0.15) is 0 Å². The fraction of sp³-hybridized carbons (Fsp3) is 0.400. The fourth-order valence-corrected chi connectivity index (χ4v) is 3.22. The van der Waals surface area contributed by atoms with Gasteiger partial charge in [0, 0.05) is 4.90 Å². The molecule has 0 fully saturated rings. The van der Waals surface area contributed by atoms with Gasteiger partial charge in [-0.3, -0.25) is 0 Å². The molecule has 140 valence electrons. The zero-order valence-electron chi connectivity index (χ0n) is 15.4. The molecule has 2 rings (SSSR count). The van der Waals surface area contributed by atoms with Crippen molar-refractivity contribution in [1.82, 2.24) is 0 Å². The third-order valence-corrected chi connectivity index (χ3v) is 4.61. The van der Waals surface area contributed by atoms with Crippen molar-refractivity contribution in [2.24, 2.45) is 5.73 Å². The van der Waals surface area contributed by atoms with Crippen LogP contribution in [0, 0.1) is 0 Å². The molecule has 0 aliphatic rings. The summed E-state index contributed by atoms with van der Waals surface area (Å²) in [6.07, 6.45) is 0.174. The first kappa shape index (κ1) is 20.3. The largest absolute Gasteiger partial charge is 0.516 e. The Hall–Kier alpha value is -2.05. The van der Waals surface area contributed by atoms with Crippen LogP contribution in [0.5, 0.6) is 0 Å². The average Bonchev–Trinajstić information content (AvgIpc) is 2.56. The third-order valence-electron chi connectivity index (χ3n) is 3.53. The van der Waals surface area contributed by atoms with Crippen molar-refractivity contribution >= 4 is 34.7 Å². The molecule has 0 saturated carbocycles. The molecule has 0 radical (unpaired) electrons. The van der Waals surface area contributed by atoms with Gasteiger partial charge in [-0.05, 0) is 62.3 Å². The van der Waals surface area contributed by atoms with E-state index in [2.05, 4.69) is 35.1 Å². The van der Waals surface area contributed by atoms with Gasteiger partial charge in [-0.1, -0.05) is 30.3 Å². The number of carbonyl (C=O) groups excluding carboxylic acids is 2. The van der Waals surface area contributed by atoms with E-state index < -0.39 is 23.8 Å². The highest BCUT2D eigenvalue weighted by atomic mass is 32.2. The standard InChI is InChI=1S/C20H25NO4S/c1-20(2,3)25-19(23)24-18(22)17(21)9-6-12-26-16-11-10-14-7-4-5-8-15(14)13-16/h4-5,7-8,10-11,13,17H,6,9,12,21H2,1-3H3. The molecule has 0 aliphatic heterocycles. The Bertz CT molecular complexity index is 770. The molecule has 6 heteroatoms. The quantitative estimate of drug-likeness (QED) is 0.346. The van der Waals surface area contributed by atoms with Gasteiger partial charge in [0.05, 0.1) is 0 Å². The lowest BCUT2D eigenvalue weighted by molar-refractivity contribution is -0.143. The van der Waals surface area contributed by atoms with E-state index in [1.165, 1.54) is 15.7 Å². The minimum absolute atomic E-state index is 0.447. The lowest BCUT2D eigenvalue weighted by atomic mass is 10.1. The Kier molecular flexibility index (Phi) is 7.06. The van der Waals surface area contributed by atoms with Crippen LogP contribution in [0.3, 0.4) is 0 Å². The van der Waals surface area contributed by atoms with E-state index >= 15 is 0 Å². The number of nitrogens with two attached hydrogens (primary N) is 1. The maximum absolute atomic E-state index is 11.8. The number of esters is 1. The molecule has 0 bridgehead atoms. The van der Waals surface area contributed by atoms with Crippen LogP contribution in [0.4, 0.5) is 4.79 Å². The van der Waals surface area contributed by atoms with Crippen molar-refractivity contribution < 1.29 is 19.1 Å². The number of rotatable bonds is 6. The van der Waals surface area contributed by atoms with Crippen molar-refractivity contribution in [3.8, 4) is 0 Å². The van der Waals surface area contributed by atoms with Gasteiger partial charge >= 0.3 is 12.1 Å². The van der Waals surface area contributed by atoms with Crippen molar-refractivity contribution in [2.75, 3.05) is 5.75 Å². The van der Waals surface area contributed by atoms with E-state index in [9.17, 15) is 9.59 Å².